The molecule has 2 saturated heterocycles. The van der Waals surface area contributed by atoms with Crippen LogP contribution in [-0.4, -0.2) is 85.5 Å². The van der Waals surface area contributed by atoms with Crippen molar-refractivity contribution in [3.63, 3.8) is 0 Å². The first kappa shape index (κ1) is 27.7. The molecule has 1 N–H and O–H groups in total. The van der Waals surface area contributed by atoms with Crippen LogP contribution < -0.4 is 5.32 Å². The van der Waals surface area contributed by atoms with Gasteiger partial charge in [-0.25, -0.2) is 9.59 Å². The zero-order valence-corrected chi connectivity index (χ0v) is 23.8. The van der Waals surface area contributed by atoms with Crippen molar-refractivity contribution in [2.24, 2.45) is 0 Å². The van der Waals surface area contributed by atoms with E-state index >= 15 is 0 Å². The molecule has 2 aromatic rings. The molecule has 2 atom stereocenters. The van der Waals surface area contributed by atoms with E-state index in [9.17, 15) is 14.4 Å². The Morgan fingerprint density at radius 2 is 1.85 bits per heavy atom. The van der Waals surface area contributed by atoms with E-state index in [1.54, 1.807) is 29.2 Å². The molecule has 3 heterocycles. The number of amides is 3. The molecular weight excluding hydrogens is 539 g/mol. The van der Waals surface area contributed by atoms with Gasteiger partial charge in [-0.05, 0) is 73.7 Å². The molecular formula is C29H34Cl2N4O4. The Kier molecular flexibility index (Phi) is 8.35. The van der Waals surface area contributed by atoms with Gasteiger partial charge in [-0.1, -0.05) is 29.3 Å². The van der Waals surface area contributed by atoms with Gasteiger partial charge < -0.3 is 24.8 Å². The summed E-state index contributed by atoms with van der Waals surface area (Å²) in [4.78, 5) is 44.1. The van der Waals surface area contributed by atoms with E-state index in [1.165, 1.54) is 7.11 Å². The van der Waals surface area contributed by atoms with Crippen LogP contribution in [0, 0.1) is 0 Å². The summed E-state index contributed by atoms with van der Waals surface area (Å²) in [6.07, 6.45) is 3.65. The number of fused-ring (bicyclic) bond motifs is 1. The van der Waals surface area contributed by atoms with Crippen LogP contribution in [0.2, 0.25) is 10.0 Å². The summed E-state index contributed by atoms with van der Waals surface area (Å²) in [5.41, 5.74) is 2.82. The normalized spacial score (nSPS) is 21.1. The highest BCUT2D eigenvalue weighted by Crippen LogP contribution is 2.45. The summed E-state index contributed by atoms with van der Waals surface area (Å²) in [6, 6.07) is 10.8. The predicted octanol–water partition coefficient (Wildman–Crippen LogP) is 4.96. The maximum Gasteiger partial charge on any atom is 0.337 e. The summed E-state index contributed by atoms with van der Waals surface area (Å²) in [5, 5.41) is 3.91. The Hall–Kier alpha value is -2.81. The third-order valence-electron chi connectivity index (χ3n) is 8.38. The van der Waals surface area contributed by atoms with Crippen LogP contribution in [-0.2, 0) is 4.74 Å². The summed E-state index contributed by atoms with van der Waals surface area (Å²) in [5.74, 6) is -0.583. The van der Waals surface area contributed by atoms with Gasteiger partial charge in [-0.15, -0.1) is 0 Å². The Morgan fingerprint density at radius 3 is 2.54 bits per heavy atom. The maximum atomic E-state index is 13.2. The zero-order chi connectivity index (χ0) is 27.7. The van der Waals surface area contributed by atoms with Crippen LogP contribution in [0.25, 0.3) is 0 Å². The molecule has 0 bridgehead atoms. The number of nitrogens with zero attached hydrogens (tertiary/aromatic N) is 3. The van der Waals surface area contributed by atoms with Crippen molar-refractivity contribution >= 4 is 41.1 Å². The monoisotopic (exact) mass is 572 g/mol. The average Bonchev–Trinajstić information content (AvgIpc) is 3.20. The minimum Gasteiger partial charge on any atom is -0.465 e. The number of hydrogen-bond acceptors (Lipinski definition) is 5. The molecule has 0 spiro atoms. The van der Waals surface area contributed by atoms with E-state index in [1.807, 2.05) is 24.1 Å². The van der Waals surface area contributed by atoms with Crippen LogP contribution in [0.5, 0.6) is 0 Å². The molecule has 3 aliphatic heterocycles. The number of hydrogen-bond donors (Lipinski definition) is 1. The van der Waals surface area contributed by atoms with Gasteiger partial charge in [0.05, 0.1) is 28.8 Å². The number of likely N-dealkylation sites (N-methyl/N-ethyl adjacent to an activating group) is 1. The highest BCUT2D eigenvalue weighted by Gasteiger charge is 2.40. The summed E-state index contributed by atoms with van der Waals surface area (Å²) < 4.78 is 4.94. The first-order valence-corrected chi connectivity index (χ1v) is 14.2. The number of carbonyl (C=O) groups excluding carboxylic acids is 3. The highest BCUT2D eigenvalue weighted by molar-refractivity contribution is 6.42. The van der Waals surface area contributed by atoms with E-state index in [0.29, 0.717) is 21.2 Å². The molecule has 39 heavy (non-hydrogen) atoms. The topological polar surface area (TPSA) is 82.2 Å². The summed E-state index contributed by atoms with van der Waals surface area (Å²) in [7, 11) is 3.16. The van der Waals surface area contributed by atoms with Crippen LogP contribution in [0.3, 0.4) is 0 Å². The fraction of sp³-hybridized carbons (Fsp3) is 0.483. The largest absolute Gasteiger partial charge is 0.465 e. The lowest BCUT2D eigenvalue weighted by molar-refractivity contribution is 0.0600. The van der Waals surface area contributed by atoms with Crippen molar-refractivity contribution < 1.29 is 19.1 Å². The molecule has 8 nitrogen and oxygen atoms in total. The predicted molar refractivity (Wildman–Crippen MR) is 151 cm³/mol. The maximum absolute atomic E-state index is 13.2. The van der Waals surface area contributed by atoms with Crippen molar-refractivity contribution in [1.82, 2.24) is 20.0 Å². The molecule has 3 amide bonds. The molecule has 0 saturated carbocycles. The number of likely N-dealkylation sites (tertiary alicyclic amines) is 1. The number of esters is 1. The van der Waals surface area contributed by atoms with Gasteiger partial charge in [0.2, 0.25) is 0 Å². The molecule has 0 aromatic heterocycles. The molecule has 0 radical (unpaired) electrons. The van der Waals surface area contributed by atoms with E-state index in [4.69, 9.17) is 27.9 Å². The Balaban J connectivity index is 1.37. The molecule has 5 rings (SSSR count). The third-order valence-corrected chi connectivity index (χ3v) is 9.12. The lowest BCUT2D eigenvalue weighted by Crippen LogP contribution is -2.54. The lowest BCUT2D eigenvalue weighted by atomic mass is 9.83. The van der Waals surface area contributed by atoms with Gasteiger partial charge in [0, 0.05) is 50.7 Å². The zero-order valence-electron chi connectivity index (χ0n) is 22.3. The SMILES string of the molecule is COC(=O)c1ccc2c(c1)C(C(CCN1CCC(N3CCCNC3=O)CC1)c1ccc(Cl)c(Cl)c1)N(C)C2=O. The van der Waals surface area contributed by atoms with Gasteiger partial charge in [-0.2, -0.15) is 0 Å². The first-order chi connectivity index (χ1) is 18.8. The van der Waals surface area contributed by atoms with Gasteiger partial charge >= 0.3 is 12.0 Å². The fourth-order valence-corrected chi connectivity index (χ4v) is 6.59. The number of urea groups is 1. The Bertz CT molecular complexity index is 1260. The van der Waals surface area contributed by atoms with Gasteiger partial charge in [0.15, 0.2) is 0 Å². The average molecular weight is 574 g/mol. The number of rotatable bonds is 7. The number of methoxy groups -OCH3 is 1. The van der Waals surface area contributed by atoms with E-state index < -0.39 is 5.97 Å². The quantitative estimate of drug-likeness (QED) is 0.474. The van der Waals surface area contributed by atoms with Crippen molar-refractivity contribution in [2.45, 2.75) is 43.7 Å². The van der Waals surface area contributed by atoms with Crippen molar-refractivity contribution in [1.29, 1.82) is 0 Å². The fourth-order valence-electron chi connectivity index (χ4n) is 6.28. The minimum absolute atomic E-state index is 0.0540. The first-order valence-electron chi connectivity index (χ1n) is 13.5. The van der Waals surface area contributed by atoms with Crippen LogP contribution in [0.15, 0.2) is 36.4 Å². The minimum atomic E-state index is -0.435. The molecule has 2 fully saturated rings. The number of piperidine rings is 1. The number of carbonyl (C=O) groups is 3. The lowest BCUT2D eigenvalue weighted by Gasteiger charge is -2.40. The number of halogens is 2. The van der Waals surface area contributed by atoms with Crippen LogP contribution in [0.1, 0.15) is 69.5 Å². The number of ether oxygens (including phenoxy) is 1. The molecule has 0 aliphatic carbocycles. The third kappa shape index (κ3) is 5.60. The molecule has 2 aromatic carbocycles. The molecule has 10 heteroatoms. The second kappa shape index (κ2) is 11.7. The molecule has 2 unspecified atom stereocenters. The van der Waals surface area contributed by atoms with Crippen molar-refractivity contribution in [2.75, 3.05) is 46.9 Å². The number of benzene rings is 2. The second-order valence-corrected chi connectivity index (χ2v) is 11.4. The highest BCUT2D eigenvalue weighted by atomic mass is 35.5. The summed E-state index contributed by atoms with van der Waals surface area (Å²) in [6.45, 7) is 4.22. The van der Waals surface area contributed by atoms with Crippen LogP contribution >= 0.6 is 23.2 Å². The van der Waals surface area contributed by atoms with Crippen LogP contribution in [0.4, 0.5) is 4.79 Å². The number of nitrogens with one attached hydrogen (secondary N) is 1. The van der Waals surface area contributed by atoms with E-state index in [2.05, 4.69) is 10.2 Å². The van der Waals surface area contributed by atoms with Crippen molar-refractivity contribution in [3.8, 4) is 0 Å². The Morgan fingerprint density at radius 1 is 1.08 bits per heavy atom. The van der Waals surface area contributed by atoms with E-state index in [-0.39, 0.29) is 29.9 Å². The molecule has 3 aliphatic rings. The standard InChI is InChI=1S/C29H34Cl2N4O4/c1-33-26(23-16-19(28(37)39-2)4-6-22(23)27(33)36)21(18-5-7-24(30)25(31)17-18)10-15-34-13-8-20(9-14-34)35-12-3-11-32-29(35)38/h4-7,16-17,20-21,26H,3,8-15H2,1-2H3,(H,32,38). The Labute approximate surface area is 239 Å². The second-order valence-electron chi connectivity index (χ2n) is 10.6. The van der Waals surface area contributed by atoms with Crippen molar-refractivity contribution in [3.05, 3.63) is 68.7 Å². The van der Waals surface area contributed by atoms with Gasteiger partial charge in [0.1, 0.15) is 0 Å². The summed E-state index contributed by atoms with van der Waals surface area (Å²) >= 11 is 12.7. The van der Waals surface area contributed by atoms with Gasteiger partial charge in [-0.3, -0.25) is 4.79 Å². The van der Waals surface area contributed by atoms with Gasteiger partial charge in [0.25, 0.3) is 5.91 Å². The molecule has 208 valence electrons. The van der Waals surface area contributed by atoms with E-state index in [0.717, 1.165) is 69.5 Å². The smallest absolute Gasteiger partial charge is 0.337 e.